The number of nitrogens with zero attached hydrogens (tertiary/aromatic N) is 2. The fraction of sp³-hybridized carbons (Fsp3) is 0.579. The van der Waals surface area contributed by atoms with Crippen molar-refractivity contribution in [2.45, 2.75) is 38.0 Å². The van der Waals surface area contributed by atoms with Gasteiger partial charge in [0, 0.05) is 42.6 Å². The van der Waals surface area contributed by atoms with Gasteiger partial charge in [0.2, 0.25) is 5.91 Å². The summed E-state index contributed by atoms with van der Waals surface area (Å²) in [7, 11) is 0. The third-order valence-corrected chi connectivity index (χ3v) is 5.95. The molecule has 130 valence electrons. The number of thioether (sulfide) groups is 1. The fourth-order valence-electron chi connectivity index (χ4n) is 3.38. The van der Waals surface area contributed by atoms with Gasteiger partial charge in [0.05, 0.1) is 0 Å². The quantitative estimate of drug-likeness (QED) is 0.826. The van der Waals surface area contributed by atoms with Crippen LogP contribution in [0, 0.1) is 5.92 Å². The number of fused-ring (bicyclic) bond motifs is 1. The number of hydrogen-bond donors (Lipinski definition) is 0. The van der Waals surface area contributed by atoms with Crippen molar-refractivity contribution in [2.24, 2.45) is 5.92 Å². The Hall–Kier alpha value is -1.49. The lowest BCUT2D eigenvalue weighted by atomic mass is 10.1. The number of carbonyl (C=O) groups excluding carboxylic acids is 2. The molecule has 24 heavy (non-hydrogen) atoms. The molecule has 2 aliphatic heterocycles. The molecule has 0 atom stereocenters. The van der Waals surface area contributed by atoms with Gasteiger partial charge >= 0.3 is 0 Å². The molecule has 2 amide bonds. The number of benzene rings is 1. The number of hydrogen-bond acceptors (Lipinski definition) is 3. The highest BCUT2D eigenvalue weighted by molar-refractivity contribution is 7.99. The largest absolute Gasteiger partial charge is 0.341 e. The van der Waals surface area contributed by atoms with E-state index in [-0.39, 0.29) is 17.7 Å². The highest BCUT2D eigenvalue weighted by Gasteiger charge is 2.24. The summed E-state index contributed by atoms with van der Waals surface area (Å²) >= 11 is 1.89. The zero-order valence-corrected chi connectivity index (χ0v) is 15.4. The minimum Gasteiger partial charge on any atom is -0.341 e. The number of rotatable bonds is 2. The zero-order chi connectivity index (χ0) is 17.1. The van der Waals surface area contributed by atoms with Crippen LogP contribution < -0.4 is 0 Å². The van der Waals surface area contributed by atoms with Crippen LogP contribution in [0.25, 0.3) is 0 Å². The molecule has 5 heteroatoms. The van der Waals surface area contributed by atoms with E-state index in [1.54, 1.807) is 0 Å². The predicted octanol–water partition coefficient (Wildman–Crippen LogP) is 3.06. The van der Waals surface area contributed by atoms with E-state index < -0.39 is 0 Å². The van der Waals surface area contributed by atoms with Gasteiger partial charge < -0.3 is 9.80 Å². The Balaban J connectivity index is 1.68. The highest BCUT2D eigenvalue weighted by Crippen LogP contribution is 2.30. The van der Waals surface area contributed by atoms with E-state index in [4.69, 9.17) is 0 Å². The maximum absolute atomic E-state index is 12.9. The molecule has 0 aromatic heterocycles. The minimum absolute atomic E-state index is 0.0189. The van der Waals surface area contributed by atoms with Gasteiger partial charge in [-0.3, -0.25) is 9.59 Å². The third-order valence-electron chi connectivity index (χ3n) is 4.74. The molecule has 2 heterocycles. The van der Waals surface area contributed by atoms with Crippen LogP contribution in [0.1, 0.15) is 42.6 Å². The minimum atomic E-state index is 0.0189. The molecule has 0 spiro atoms. The molecule has 0 bridgehead atoms. The lowest BCUT2D eigenvalue weighted by molar-refractivity contribution is -0.134. The molecule has 0 saturated carbocycles. The van der Waals surface area contributed by atoms with Gasteiger partial charge in [-0.2, -0.15) is 0 Å². The van der Waals surface area contributed by atoms with Crippen LogP contribution in [0.3, 0.4) is 0 Å². The second-order valence-electron chi connectivity index (χ2n) is 6.90. The van der Waals surface area contributed by atoms with Crippen molar-refractivity contribution >= 4 is 23.6 Å². The summed E-state index contributed by atoms with van der Waals surface area (Å²) in [6.45, 7) is 6.61. The summed E-state index contributed by atoms with van der Waals surface area (Å²) in [5, 5.41) is 0. The van der Waals surface area contributed by atoms with Crippen LogP contribution in [-0.4, -0.2) is 53.5 Å². The molecule has 1 aromatic rings. The van der Waals surface area contributed by atoms with Crippen molar-refractivity contribution in [3.05, 3.63) is 29.3 Å². The van der Waals surface area contributed by atoms with E-state index in [0.29, 0.717) is 13.1 Å². The summed E-state index contributed by atoms with van der Waals surface area (Å²) in [5.41, 5.74) is 2.10. The molecule has 1 fully saturated rings. The Morgan fingerprint density at radius 2 is 1.79 bits per heavy atom. The van der Waals surface area contributed by atoms with E-state index in [0.717, 1.165) is 31.5 Å². The topological polar surface area (TPSA) is 40.6 Å². The highest BCUT2D eigenvalue weighted by atomic mass is 32.2. The van der Waals surface area contributed by atoms with E-state index in [1.165, 1.54) is 22.6 Å². The summed E-state index contributed by atoms with van der Waals surface area (Å²) in [5.74, 6) is 1.49. The standard InChI is InChI=1S/C19H26N2O2S/c1-14(2)18(22)20-8-4-9-21(11-10-20)19(23)16-6-7-17-15(13-16)5-3-12-24-17/h6-7,13-14H,3-5,8-12H2,1-2H3. The first kappa shape index (κ1) is 17.3. The molecular weight excluding hydrogens is 320 g/mol. The molecule has 0 radical (unpaired) electrons. The van der Waals surface area contributed by atoms with Crippen molar-refractivity contribution in [3.63, 3.8) is 0 Å². The molecular formula is C19H26N2O2S. The Kier molecular flexibility index (Phi) is 5.49. The van der Waals surface area contributed by atoms with E-state index >= 15 is 0 Å². The molecule has 2 aliphatic rings. The monoisotopic (exact) mass is 346 g/mol. The number of amides is 2. The Morgan fingerprint density at radius 1 is 1.04 bits per heavy atom. The second-order valence-corrected chi connectivity index (χ2v) is 8.04. The summed E-state index contributed by atoms with van der Waals surface area (Å²) < 4.78 is 0. The fourth-order valence-corrected chi connectivity index (χ4v) is 4.40. The normalized spacial score (nSPS) is 18.3. The zero-order valence-electron chi connectivity index (χ0n) is 14.6. The summed E-state index contributed by atoms with van der Waals surface area (Å²) in [6.07, 6.45) is 3.11. The molecule has 1 saturated heterocycles. The van der Waals surface area contributed by atoms with E-state index in [2.05, 4.69) is 12.1 Å². The van der Waals surface area contributed by atoms with Crippen LogP contribution in [0.4, 0.5) is 0 Å². The van der Waals surface area contributed by atoms with E-state index in [9.17, 15) is 9.59 Å². The Labute approximate surface area is 148 Å². The van der Waals surface area contributed by atoms with Gasteiger partial charge in [-0.05, 0) is 48.8 Å². The lowest BCUT2D eigenvalue weighted by Gasteiger charge is -2.24. The number of aryl methyl sites for hydroxylation is 1. The maximum Gasteiger partial charge on any atom is 0.253 e. The third kappa shape index (κ3) is 3.77. The molecule has 0 N–H and O–H groups in total. The summed E-state index contributed by atoms with van der Waals surface area (Å²) in [4.78, 5) is 30.2. The Morgan fingerprint density at radius 3 is 2.58 bits per heavy atom. The molecule has 0 unspecified atom stereocenters. The van der Waals surface area contributed by atoms with Crippen LogP contribution in [0.15, 0.2) is 23.1 Å². The van der Waals surface area contributed by atoms with Gasteiger partial charge in [-0.25, -0.2) is 0 Å². The predicted molar refractivity (Wildman–Crippen MR) is 97.4 cm³/mol. The van der Waals surface area contributed by atoms with Crippen molar-refractivity contribution < 1.29 is 9.59 Å². The van der Waals surface area contributed by atoms with Crippen LogP contribution >= 0.6 is 11.8 Å². The molecule has 0 aliphatic carbocycles. The summed E-state index contributed by atoms with van der Waals surface area (Å²) in [6, 6.07) is 6.13. The first-order valence-corrected chi connectivity index (χ1v) is 9.88. The van der Waals surface area contributed by atoms with Crippen molar-refractivity contribution in [3.8, 4) is 0 Å². The van der Waals surface area contributed by atoms with Gasteiger partial charge in [0.1, 0.15) is 0 Å². The van der Waals surface area contributed by atoms with Crippen molar-refractivity contribution in [1.29, 1.82) is 0 Å². The van der Waals surface area contributed by atoms with Crippen molar-refractivity contribution in [2.75, 3.05) is 31.9 Å². The molecule has 3 rings (SSSR count). The first-order valence-electron chi connectivity index (χ1n) is 8.90. The smallest absolute Gasteiger partial charge is 0.253 e. The molecule has 4 nitrogen and oxygen atoms in total. The maximum atomic E-state index is 12.9. The average Bonchev–Trinajstić information content (AvgIpc) is 2.86. The SMILES string of the molecule is CC(C)C(=O)N1CCCN(C(=O)c2ccc3c(c2)CCCS3)CC1. The Bertz CT molecular complexity index is 630. The van der Waals surface area contributed by atoms with Gasteiger partial charge in [-0.15, -0.1) is 11.8 Å². The number of carbonyl (C=O) groups is 2. The molecule has 1 aromatic carbocycles. The first-order chi connectivity index (χ1) is 11.6. The second kappa shape index (κ2) is 7.60. The van der Waals surface area contributed by atoms with Crippen molar-refractivity contribution in [1.82, 2.24) is 9.80 Å². The van der Waals surface area contributed by atoms with Crippen LogP contribution in [0.5, 0.6) is 0 Å². The van der Waals surface area contributed by atoms with E-state index in [1.807, 2.05) is 41.5 Å². The van der Waals surface area contributed by atoms with Gasteiger partial charge in [-0.1, -0.05) is 13.8 Å². The van der Waals surface area contributed by atoms with Crippen LogP contribution in [0.2, 0.25) is 0 Å². The average molecular weight is 346 g/mol. The van der Waals surface area contributed by atoms with Crippen LogP contribution in [-0.2, 0) is 11.2 Å². The lowest BCUT2D eigenvalue weighted by Crippen LogP contribution is -2.39. The van der Waals surface area contributed by atoms with Gasteiger partial charge in [0.15, 0.2) is 0 Å². The van der Waals surface area contributed by atoms with Gasteiger partial charge in [0.25, 0.3) is 5.91 Å².